The normalized spacial score (nSPS) is 11.8. The van der Waals surface area contributed by atoms with E-state index in [1.54, 1.807) is 6.92 Å². The minimum Gasteiger partial charge on any atom is -0.505 e. The van der Waals surface area contributed by atoms with Crippen molar-refractivity contribution in [3.8, 4) is 11.5 Å². The van der Waals surface area contributed by atoms with E-state index in [4.69, 9.17) is 9.84 Å². The van der Waals surface area contributed by atoms with Gasteiger partial charge < -0.3 is 20.3 Å². The summed E-state index contributed by atoms with van der Waals surface area (Å²) in [5.74, 6) is 0.273. The van der Waals surface area contributed by atoms with Crippen LogP contribution in [0.5, 0.6) is 11.5 Å². The van der Waals surface area contributed by atoms with Gasteiger partial charge in [-0.3, -0.25) is 9.78 Å². The molecule has 0 saturated carbocycles. The molecule has 3 N–H and O–H groups in total. The fourth-order valence-corrected chi connectivity index (χ4v) is 3.03. The van der Waals surface area contributed by atoms with Crippen molar-refractivity contribution in [2.45, 2.75) is 32.2 Å². The number of nitrogens with one attached hydrogen (secondary N) is 1. The molecule has 3 rings (SSSR count). The quantitative estimate of drug-likeness (QED) is 0.403. The van der Waals surface area contributed by atoms with Crippen molar-refractivity contribution in [2.75, 3.05) is 13.6 Å². The van der Waals surface area contributed by atoms with Crippen molar-refractivity contribution in [1.82, 2.24) is 10.3 Å². The molecule has 0 bridgehead atoms. The average Bonchev–Trinajstić information content (AvgIpc) is 2.84. The number of aromatic hydroxyl groups is 1. The first-order valence-electron chi connectivity index (χ1n) is 10.5. The van der Waals surface area contributed by atoms with Crippen LogP contribution in [0.1, 0.15) is 45.3 Å². The zero-order valence-corrected chi connectivity index (χ0v) is 18.8. The fraction of sp³-hybridized carbons (Fsp3) is 0.280. The smallest absolute Gasteiger partial charge is 0.416 e. The second-order valence-electron chi connectivity index (χ2n) is 7.34. The molecule has 6 nitrogen and oxygen atoms in total. The molecule has 3 aromatic rings. The van der Waals surface area contributed by atoms with Crippen LogP contribution in [0, 0.1) is 6.92 Å². The standard InChI is InChI=1S/C17H18F3NO.C8H9NO3/c1-21-12-11-16(13-5-3-2-4-6-13)22-15-9-7-14(8-10-15)17(18,19)20;1-5-8(12)7(4-11)6(3-10)2-9-5/h2-10,16,21H,11-12H2,1H3;2,4,10,12H,3H2,1H3. The molecule has 1 heterocycles. The number of carbonyl (C=O) groups excluding carboxylic acids is 1. The Morgan fingerprint density at radius 2 is 1.76 bits per heavy atom. The van der Waals surface area contributed by atoms with E-state index in [0.29, 0.717) is 23.3 Å². The van der Waals surface area contributed by atoms with Gasteiger partial charge in [0.1, 0.15) is 17.6 Å². The molecule has 2 aromatic carbocycles. The summed E-state index contributed by atoms with van der Waals surface area (Å²) in [6.07, 6.45) is -1.93. The summed E-state index contributed by atoms with van der Waals surface area (Å²) in [5.41, 5.74) is 1.16. The molecule has 1 atom stereocenters. The van der Waals surface area contributed by atoms with Gasteiger partial charge in [0.2, 0.25) is 0 Å². The van der Waals surface area contributed by atoms with E-state index in [-0.39, 0.29) is 24.0 Å². The van der Waals surface area contributed by atoms with E-state index in [9.17, 15) is 23.1 Å². The number of aromatic nitrogens is 1. The van der Waals surface area contributed by atoms with Gasteiger partial charge in [-0.25, -0.2) is 0 Å². The molecule has 0 fully saturated rings. The third-order valence-electron chi connectivity index (χ3n) is 4.93. The highest BCUT2D eigenvalue weighted by molar-refractivity contribution is 5.81. The Kier molecular flexibility index (Phi) is 10.0. The second-order valence-corrected chi connectivity index (χ2v) is 7.34. The van der Waals surface area contributed by atoms with Gasteiger partial charge in [-0.2, -0.15) is 13.2 Å². The highest BCUT2D eigenvalue weighted by Gasteiger charge is 2.30. The van der Waals surface area contributed by atoms with Crippen molar-refractivity contribution in [3.63, 3.8) is 0 Å². The molecule has 1 aromatic heterocycles. The van der Waals surface area contributed by atoms with Crippen molar-refractivity contribution in [3.05, 3.63) is 88.7 Å². The SMILES string of the molecule is CNCCC(Oc1ccc(C(F)(F)F)cc1)c1ccccc1.Cc1ncc(CO)c(C=O)c1O. The molecule has 182 valence electrons. The monoisotopic (exact) mass is 476 g/mol. The van der Waals surface area contributed by atoms with Gasteiger partial charge in [-0.1, -0.05) is 30.3 Å². The lowest BCUT2D eigenvalue weighted by molar-refractivity contribution is -0.137. The highest BCUT2D eigenvalue weighted by Crippen LogP contribution is 2.31. The number of benzene rings is 2. The lowest BCUT2D eigenvalue weighted by Gasteiger charge is -2.20. The summed E-state index contributed by atoms with van der Waals surface area (Å²) in [5, 5.41) is 21.1. The first-order valence-corrected chi connectivity index (χ1v) is 10.5. The number of carbonyl (C=O) groups is 1. The van der Waals surface area contributed by atoms with E-state index in [0.717, 1.165) is 30.7 Å². The number of aryl methyl sites for hydroxylation is 1. The number of pyridine rings is 1. The van der Waals surface area contributed by atoms with Crippen LogP contribution in [0.4, 0.5) is 13.2 Å². The summed E-state index contributed by atoms with van der Waals surface area (Å²) < 4.78 is 43.6. The number of hydrogen-bond acceptors (Lipinski definition) is 6. The third kappa shape index (κ3) is 7.57. The molecule has 34 heavy (non-hydrogen) atoms. The zero-order chi connectivity index (χ0) is 25.1. The largest absolute Gasteiger partial charge is 0.505 e. The van der Waals surface area contributed by atoms with E-state index in [1.165, 1.54) is 18.3 Å². The predicted molar refractivity (Wildman–Crippen MR) is 122 cm³/mol. The Morgan fingerprint density at radius 3 is 2.29 bits per heavy atom. The third-order valence-corrected chi connectivity index (χ3v) is 4.93. The molecule has 0 aliphatic carbocycles. The lowest BCUT2D eigenvalue weighted by atomic mass is 10.1. The second kappa shape index (κ2) is 12.7. The Morgan fingerprint density at radius 1 is 1.12 bits per heavy atom. The number of halogens is 3. The topological polar surface area (TPSA) is 91.7 Å². The van der Waals surface area contributed by atoms with Crippen molar-refractivity contribution in [1.29, 1.82) is 0 Å². The molecule has 0 aliphatic rings. The number of ether oxygens (including phenoxy) is 1. The number of nitrogens with zero attached hydrogens (tertiary/aromatic N) is 1. The molecular weight excluding hydrogens is 449 g/mol. The summed E-state index contributed by atoms with van der Waals surface area (Å²) in [7, 11) is 1.85. The van der Waals surface area contributed by atoms with E-state index in [1.807, 2.05) is 37.4 Å². The van der Waals surface area contributed by atoms with Gasteiger partial charge in [0, 0.05) is 18.2 Å². The molecule has 0 aliphatic heterocycles. The first-order chi connectivity index (χ1) is 16.2. The van der Waals surface area contributed by atoms with Gasteiger partial charge in [-0.05, 0) is 50.3 Å². The van der Waals surface area contributed by atoms with Gasteiger partial charge in [0.15, 0.2) is 6.29 Å². The number of aldehydes is 1. The highest BCUT2D eigenvalue weighted by atomic mass is 19.4. The number of aliphatic hydroxyl groups excluding tert-OH is 1. The fourth-order valence-electron chi connectivity index (χ4n) is 3.03. The molecule has 9 heteroatoms. The van der Waals surface area contributed by atoms with Crippen LogP contribution in [0.3, 0.4) is 0 Å². The van der Waals surface area contributed by atoms with Crippen LogP contribution in [-0.4, -0.2) is 35.1 Å². The minimum atomic E-state index is -4.33. The maximum Gasteiger partial charge on any atom is 0.416 e. The van der Waals surface area contributed by atoms with Gasteiger partial charge in [-0.15, -0.1) is 0 Å². The van der Waals surface area contributed by atoms with Crippen LogP contribution in [0.2, 0.25) is 0 Å². The summed E-state index contributed by atoms with van der Waals surface area (Å²) >= 11 is 0. The summed E-state index contributed by atoms with van der Waals surface area (Å²) in [4.78, 5) is 14.2. The van der Waals surface area contributed by atoms with Crippen LogP contribution in [-0.2, 0) is 12.8 Å². The van der Waals surface area contributed by atoms with E-state index >= 15 is 0 Å². The minimum absolute atomic E-state index is 0.116. The Hall–Kier alpha value is -3.43. The maximum absolute atomic E-state index is 12.6. The van der Waals surface area contributed by atoms with Crippen LogP contribution >= 0.6 is 0 Å². The van der Waals surface area contributed by atoms with Gasteiger partial charge >= 0.3 is 6.18 Å². The lowest BCUT2D eigenvalue weighted by Crippen LogP contribution is -2.16. The number of hydrogen-bond donors (Lipinski definition) is 3. The van der Waals surface area contributed by atoms with E-state index < -0.39 is 11.7 Å². The van der Waals surface area contributed by atoms with Crippen LogP contribution in [0.15, 0.2) is 60.8 Å². The Balaban J connectivity index is 0.000000287. The number of rotatable bonds is 8. The van der Waals surface area contributed by atoms with Crippen LogP contribution in [0.25, 0.3) is 0 Å². The molecular formula is C25H27F3N2O4. The zero-order valence-electron chi connectivity index (χ0n) is 18.8. The van der Waals surface area contributed by atoms with Gasteiger partial charge in [0.25, 0.3) is 0 Å². The Bertz CT molecular complexity index is 1040. The number of aliphatic hydroxyl groups is 1. The predicted octanol–water partition coefficient (Wildman–Crippen LogP) is 4.84. The van der Waals surface area contributed by atoms with Crippen molar-refractivity contribution < 1.29 is 32.9 Å². The summed E-state index contributed by atoms with van der Waals surface area (Å²) in [6.45, 7) is 2.04. The van der Waals surface area contributed by atoms with Crippen molar-refractivity contribution in [2.24, 2.45) is 0 Å². The molecule has 1 unspecified atom stereocenters. The average molecular weight is 476 g/mol. The molecule has 0 spiro atoms. The summed E-state index contributed by atoms with van der Waals surface area (Å²) in [6, 6.07) is 14.4. The van der Waals surface area contributed by atoms with E-state index in [2.05, 4.69) is 10.3 Å². The maximum atomic E-state index is 12.6. The van der Waals surface area contributed by atoms with Crippen LogP contribution < -0.4 is 10.1 Å². The molecule has 0 saturated heterocycles. The number of alkyl halides is 3. The first kappa shape index (κ1) is 26.8. The van der Waals surface area contributed by atoms with Crippen molar-refractivity contribution >= 4 is 6.29 Å². The van der Waals surface area contributed by atoms with Gasteiger partial charge in [0.05, 0.1) is 23.4 Å². The Labute approximate surface area is 196 Å². The molecule has 0 radical (unpaired) electrons. The molecule has 0 amide bonds.